The standard InChI is InChI=1S/C31H28N2O6S/c1-18-10-12-21(13-11-18)40(36,37)33-26(16-20-17-32-25-9-4-3-6-22(20)25)31(35)39-28-15-19(2)14-27-29(28)23-7-5-8-24(23)30(34)38-27/h3-4,6,9-15,17,26,32-33H,5,7-8,16H2,1-2H3/t26-/m0/s1. The number of H-pyrrole nitrogens is 1. The zero-order valence-corrected chi connectivity index (χ0v) is 22.9. The van der Waals surface area contributed by atoms with Crippen LogP contribution in [-0.4, -0.2) is 25.4 Å². The van der Waals surface area contributed by atoms with Crippen molar-refractivity contribution in [3.05, 3.63) is 105 Å². The van der Waals surface area contributed by atoms with Crippen LogP contribution in [0.15, 0.2) is 81.0 Å². The van der Waals surface area contributed by atoms with E-state index in [4.69, 9.17) is 9.15 Å². The molecule has 204 valence electrons. The molecule has 0 bridgehead atoms. The number of para-hydroxylation sites is 1. The summed E-state index contributed by atoms with van der Waals surface area (Å²) >= 11 is 0. The molecular weight excluding hydrogens is 528 g/mol. The van der Waals surface area contributed by atoms with E-state index in [0.717, 1.165) is 39.6 Å². The fourth-order valence-corrected chi connectivity index (χ4v) is 6.62. The summed E-state index contributed by atoms with van der Waals surface area (Å²) in [5.41, 5.74) is 4.70. The van der Waals surface area contributed by atoms with Gasteiger partial charge in [-0.05, 0) is 80.1 Å². The summed E-state index contributed by atoms with van der Waals surface area (Å²) in [7, 11) is -4.06. The third kappa shape index (κ3) is 4.82. The largest absolute Gasteiger partial charge is 0.425 e. The first kappa shape index (κ1) is 26.0. The zero-order chi connectivity index (χ0) is 28.0. The third-order valence-electron chi connectivity index (χ3n) is 7.40. The van der Waals surface area contributed by atoms with E-state index in [0.29, 0.717) is 29.4 Å². The van der Waals surface area contributed by atoms with Crippen molar-refractivity contribution in [2.45, 2.75) is 50.5 Å². The number of fused-ring (bicyclic) bond motifs is 4. The summed E-state index contributed by atoms with van der Waals surface area (Å²) in [6, 6.07) is 16.3. The Morgan fingerprint density at radius 3 is 2.58 bits per heavy atom. The number of ether oxygens (including phenoxy) is 1. The van der Waals surface area contributed by atoms with Crippen molar-refractivity contribution in [2.75, 3.05) is 0 Å². The lowest BCUT2D eigenvalue weighted by Crippen LogP contribution is -2.44. The van der Waals surface area contributed by atoms with Gasteiger partial charge in [0.05, 0.1) is 10.3 Å². The Bertz CT molecular complexity index is 1940. The van der Waals surface area contributed by atoms with Gasteiger partial charge in [-0.25, -0.2) is 18.0 Å². The maximum atomic E-state index is 13.8. The van der Waals surface area contributed by atoms with E-state index >= 15 is 0 Å². The lowest BCUT2D eigenvalue weighted by Gasteiger charge is -2.19. The van der Waals surface area contributed by atoms with Gasteiger partial charge in [0.25, 0.3) is 0 Å². The summed E-state index contributed by atoms with van der Waals surface area (Å²) in [6.45, 7) is 3.68. The molecule has 8 nitrogen and oxygen atoms in total. The van der Waals surface area contributed by atoms with Gasteiger partial charge in [0.1, 0.15) is 17.4 Å². The van der Waals surface area contributed by atoms with Gasteiger partial charge in [-0.1, -0.05) is 35.9 Å². The van der Waals surface area contributed by atoms with Crippen molar-refractivity contribution in [3.63, 3.8) is 0 Å². The number of aromatic amines is 1. The molecule has 0 amide bonds. The molecule has 0 saturated heterocycles. The maximum Gasteiger partial charge on any atom is 0.339 e. The summed E-state index contributed by atoms with van der Waals surface area (Å²) < 4.78 is 40.9. The smallest absolute Gasteiger partial charge is 0.339 e. The fourth-order valence-electron chi connectivity index (χ4n) is 5.43. The first-order valence-electron chi connectivity index (χ1n) is 13.1. The number of hydrogen-bond acceptors (Lipinski definition) is 6. The van der Waals surface area contributed by atoms with Crippen molar-refractivity contribution in [2.24, 2.45) is 0 Å². The summed E-state index contributed by atoms with van der Waals surface area (Å²) in [6.07, 6.45) is 3.91. The molecule has 0 spiro atoms. The summed E-state index contributed by atoms with van der Waals surface area (Å²) in [5, 5.41) is 1.47. The Labute approximate surface area is 231 Å². The molecule has 40 heavy (non-hydrogen) atoms. The number of sulfonamides is 1. The molecule has 2 N–H and O–H groups in total. The highest BCUT2D eigenvalue weighted by molar-refractivity contribution is 7.89. The quantitative estimate of drug-likeness (QED) is 0.168. The van der Waals surface area contributed by atoms with Crippen LogP contribution in [-0.2, 0) is 34.1 Å². The molecular formula is C31H28N2O6S. The van der Waals surface area contributed by atoms with E-state index < -0.39 is 22.0 Å². The van der Waals surface area contributed by atoms with Crippen molar-refractivity contribution >= 4 is 37.9 Å². The van der Waals surface area contributed by atoms with Crippen LogP contribution < -0.4 is 15.1 Å². The summed E-state index contributed by atoms with van der Waals surface area (Å²) in [4.78, 5) is 29.6. The number of carbonyl (C=O) groups excluding carboxylic acids is 1. The minimum atomic E-state index is -4.06. The van der Waals surface area contributed by atoms with Crippen LogP contribution in [0.2, 0.25) is 0 Å². The van der Waals surface area contributed by atoms with Crippen molar-refractivity contribution < 1.29 is 22.4 Å². The van der Waals surface area contributed by atoms with Crippen LogP contribution in [0, 0.1) is 13.8 Å². The number of carbonyl (C=O) groups is 1. The van der Waals surface area contributed by atoms with E-state index in [1.54, 1.807) is 30.5 Å². The first-order chi connectivity index (χ1) is 19.2. The van der Waals surface area contributed by atoms with Crippen LogP contribution in [0.1, 0.15) is 34.2 Å². The highest BCUT2D eigenvalue weighted by atomic mass is 32.2. The predicted molar refractivity (Wildman–Crippen MR) is 152 cm³/mol. The topological polar surface area (TPSA) is 118 Å². The number of hydrogen-bond donors (Lipinski definition) is 2. The van der Waals surface area contributed by atoms with Crippen LogP contribution in [0.4, 0.5) is 0 Å². The molecule has 0 aliphatic heterocycles. The van der Waals surface area contributed by atoms with E-state index in [1.165, 1.54) is 12.1 Å². The van der Waals surface area contributed by atoms with E-state index in [2.05, 4.69) is 9.71 Å². The van der Waals surface area contributed by atoms with E-state index in [1.807, 2.05) is 38.1 Å². The number of benzene rings is 3. The second kappa shape index (κ2) is 10.1. The Kier molecular flexibility index (Phi) is 6.56. The Hall–Kier alpha value is -4.21. The average Bonchev–Trinajstić information content (AvgIpc) is 3.56. The van der Waals surface area contributed by atoms with Crippen LogP contribution in [0.3, 0.4) is 0 Å². The van der Waals surface area contributed by atoms with Crippen LogP contribution >= 0.6 is 0 Å². The minimum absolute atomic E-state index is 0.0513. The molecule has 0 saturated carbocycles. The Balaban J connectivity index is 1.40. The molecule has 3 aromatic carbocycles. The van der Waals surface area contributed by atoms with Gasteiger partial charge in [-0.15, -0.1) is 0 Å². The van der Waals surface area contributed by atoms with E-state index in [9.17, 15) is 18.0 Å². The number of aryl methyl sites for hydroxylation is 3. The predicted octanol–water partition coefficient (Wildman–Crippen LogP) is 4.88. The van der Waals surface area contributed by atoms with Gasteiger partial charge in [0.15, 0.2) is 0 Å². The molecule has 1 atom stereocenters. The van der Waals surface area contributed by atoms with Gasteiger partial charge in [-0.2, -0.15) is 4.72 Å². The minimum Gasteiger partial charge on any atom is -0.425 e. The van der Waals surface area contributed by atoms with Crippen molar-refractivity contribution in [1.29, 1.82) is 0 Å². The van der Waals surface area contributed by atoms with E-state index in [-0.39, 0.29) is 22.7 Å². The van der Waals surface area contributed by atoms with Crippen LogP contribution in [0.5, 0.6) is 5.75 Å². The molecule has 2 heterocycles. The Morgan fingerprint density at radius 2 is 1.77 bits per heavy atom. The Morgan fingerprint density at radius 1 is 1.02 bits per heavy atom. The van der Waals surface area contributed by atoms with Gasteiger partial charge in [0.2, 0.25) is 10.0 Å². The molecule has 1 aliphatic rings. The second-order valence-corrected chi connectivity index (χ2v) is 12.0. The number of nitrogens with one attached hydrogen (secondary N) is 2. The monoisotopic (exact) mass is 556 g/mol. The maximum absolute atomic E-state index is 13.8. The van der Waals surface area contributed by atoms with Crippen molar-refractivity contribution in [1.82, 2.24) is 9.71 Å². The highest BCUT2D eigenvalue weighted by Crippen LogP contribution is 2.35. The third-order valence-corrected chi connectivity index (χ3v) is 8.89. The van der Waals surface area contributed by atoms with Gasteiger partial charge < -0.3 is 14.1 Å². The first-order valence-corrected chi connectivity index (χ1v) is 14.6. The van der Waals surface area contributed by atoms with Gasteiger partial charge in [0, 0.05) is 29.1 Å². The number of aromatic nitrogens is 1. The lowest BCUT2D eigenvalue weighted by atomic mass is 10.0. The average molecular weight is 557 g/mol. The normalized spacial score (nSPS) is 13.9. The second-order valence-electron chi connectivity index (χ2n) is 10.3. The van der Waals surface area contributed by atoms with Crippen LogP contribution in [0.25, 0.3) is 21.9 Å². The highest BCUT2D eigenvalue weighted by Gasteiger charge is 2.30. The molecule has 2 aromatic heterocycles. The molecule has 1 aliphatic carbocycles. The molecule has 6 rings (SSSR count). The SMILES string of the molecule is Cc1ccc(S(=O)(=O)N[C@@H](Cc2c[nH]c3ccccc23)C(=O)Oc2cc(C)cc3oc(=O)c4c(c23)CCC4)cc1. The summed E-state index contributed by atoms with van der Waals surface area (Å²) in [5.74, 6) is -0.508. The van der Waals surface area contributed by atoms with Gasteiger partial charge in [-0.3, -0.25) is 0 Å². The molecule has 0 fully saturated rings. The lowest BCUT2D eigenvalue weighted by molar-refractivity contribution is -0.136. The number of rotatable bonds is 7. The zero-order valence-electron chi connectivity index (χ0n) is 22.1. The molecule has 0 radical (unpaired) electrons. The fraction of sp³-hybridized carbons (Fsp3) is 0.226. The van der Waals surface area contributed by atoms with Gasteiger partial charge >= 0.3 is 11.6 Å². The molecule has 0 unspecified atom stereocenters. The molecule has 9 heteroatoms. The van der Waals surface area contributed by atoms with Crippen molar-refractivity contribution in [3.8, 4) is 5.75 Å². The molecule has 5 aromatic rings. The number of esters is 1.